The molecule has 1 fully saturated rings. The highest BCUT2D eigenvalue weighted by molar-refractivity contribution is 7.99. The van der Waals surface area contributed by atoms with Crippen LogP contribution in [-0.2, 0) is 16.6 Å². The van der Waals surface area contributed by atoms with Crippen molar-refractivity contribution < 1.29 is 9.53 Å². The van der Waals surface area contributed by atoms with Crippen LogP contribution in [0.2, 0.25) is 0 Å². The quantitative estimate of drug-likeness (QED) is 0.561. The molecule has 1 aromatic rings. The van der Waals surface area contributed by atoms with Gasteiger partial charge in [0.1, 0.15) is 5.54 Å². The second-order valence-electron chi connectivity index (χ2n) is 5.06. The lowest BCUT2D eigenvalue weighted by molar-refractivity contribution is -0.149. The van der Waals surface area contributed by atoms with E-state index in [1.165, 1.54) is 16.4 Å². The summed E-state index contributed by atoms with van der Waals surface area (Å²) in [7, 11) is 1.60. The topological polar surface area (TPSA) is 120 Å². The molecule has 0 radical (unpaired) electrons. The van der Waals surface area contributed by atoms with E-state index in [0.29, 0.717) is 24.6 Å². The van der Waals surface area contributed by atoms with Gasteiger partial charge >= 0.3 is 17.1 Å². The SMILES string of the molecule is CCOC(=O)C1(N)CCC(Sc2nc(=O)c(=O)[nH]n2C)C1. The molecular weight excluding hydrogens is 296 g/mol. The van der Waals surface area contributed by atoms with Crippen LogP contribution in [0.5, 0.6) is 0 Å². The van der Waals surface area contributed by atoms with E-state index in [1.807, 2.05) is 0 Å². The first-order valence-electron chi connectivity index (χ1n) is 6.66. The Hall–Kier alpha value is -1.61. The van der Waals surface area contributed by atoms with Crippen LogP contribution in [0.1, 0.15) is 26.2 Å². The number of ether oxygens (including phenoxy) is 1. The van der Waals surface area contributed by atoms with E-state index >= 15 is 0 Å². The van der Waals surface area contributed by atoms with E-state index in [0.717, 1.165) is 6.42 Å². The Balaban J connectivity index is 2.10. The predicted octanol–water partition coefficient (Wildman–Crippen LogP) is -0.626. The molecule has 0 spiro atoms. The van der Waals surface area contributed by atoms with Gasteiger partial charge in [-0.3, -0.25) is 24.2 Å². The van der Waals surface area contributed by atoms with Crippen LogP contribution in [0.3, 0.4) is 0 Å². The van der Waals surface area contributed by atoms with Crippen LogP contribution in [0.25, 0.3) is 0 Å². The maximum atomic E-state index is 11.9. The number of hydrogen-bond donors (Lipinski definition) is 2. The second kappa shape index (κ2) is 6.02. The molecule has 21 heavy (non-hydrogen) atoms. The van der Waals surface area contributed by atoms with Gasteiger partial charge in [0.05, 0.1) is 6.61 Å². The van der Waals surface area contributed by atoms with Crippen molar-refractivity contribution >= 4 is 17.7 Å². The molecule has 0 saturated heterocycles. The zero-order chi connectivity index (χ0) is 15.6. The molecular formula is C12H18N4O4S. The van der Waals surface area contributed by atoms with Crippen molar-refractivity contribution in [2.45, 2.75) is 42.1 Å². The minimum Gasteiger partial charge on any atom is -0.465 e. The van der Waals surface area contributed by atoms with Crippen LogP contribution in [0.4, 0.5) is 0 Å². The monoisotopic (exact) mass is 314 g/mol. The molecule has 116 valence electrons. The maximum Gasteiger partial charge on any atom is 0.339 e. The van der Waals surface area contributed by atoms with Crippen molar-refractivity contribution in [1.82, 2.24) is 14.8 Å². The molecule has 1 saturated carbocycles. The number of nitrogens with one attached hydrogen (secondary N) is 1. The first-order chi connectivity index (χ1) is 9.85. The molecule has 0 amide bonds. The maximum absolute atomic E-state index is 11.9. The third-order valence-corrected chi connectivity index (χ3v) is 4.72. The number of rotatable bonds is 4. The Kier molecular flexibility index (Phi) is 4.52. The molecule has 8 nitrogen and oxygen atoms in total. The van der Waals surface area contributed by atoms with Crippen molar-refractivity contribution in [1.29, 1.82) is 0 Å². The summed E-state index contributed by atoms with van der Waals surface area (Å²) in [4.78, 5) is 38.0. The number of carbonyl (C=O) groups excluding carboxylic acids is 1. The number of thioether (sulfide) groups is 1. The zero-order valence-electron chi connectivity index (χ0n) is 11.9. The summed E-state index contributed by atoms with van der Waals surface area (Å²) in [5.74, 6) is -0.392. The minimum atomic E-state index is -0.977. The van der Waals surface area contributed by atoms with Gasteiger partial charge in [-0.05, 0) is 26.2 Å². The Morgan fingerprint density at radius 2 is 2.33 bits per heavy atom. The minimum absolute atomic E-state index is 0.0448. The fraction of sp³-hybridized carbons (Fsp3) is 0.667. The number of hydrogen-bond acceptors (Lipinski definition) is 7. The average molecular weight is 314 g/mol. The fourth-order valence-corrected chi connectivity index (χ4v) is 3.56. The number of nitrogens with zero attached hydrogens (tertiary/aromatic N) is 2. The molecule has 9 heteroatoms. The van der Waals surface area contributed by atoms with Crippen molar-refractivity contribution in [3.05, 3.63) is 20.7 Å². The lowest BCUT2D eigenvalue weighted by atomic mass is 10.00. The normalized spacial score (nSPS) is 25.0. The van der Waals surface area contributed by atoms with Crippen LogP contribution in [0, 0.1) is 0 Å². The van der Waals surface area contributed by atoms with Gasteiger partial charge < -0.3 is 10.5 Å². The molecule has 3 N–H and O–H groups in total. The number of aryl methyl sites for hydroxylation is 1. The van der Waals surface area contributed by atoms with E-state index in [2.05, 4.69) is 10.1 Å². The number of H-pyrrole nitrogens is 1. The lowest BCUT2D eigenvalue weighted by Gasteiger charge is -2.21. The summed E-state index contributed by atoms with van der Waals surface area (Å²) >= 11 is 1.33. The Labute approximate surface area is 125 Å². The van der Waals surface area contributed by atoms with Gasteiger partial charge in [0.15, 0.2) is 5.16 Å². The summed E-state index contributed by atoms with van der Waals surface area (Å²) in [5, 5.41) is 2.83. The smallest absolute Gasteiger partial charge is 0.339 e. The predicted molar refractivity (Wildman–Crippen MR) is 77.1 cm³/mol. The fourth-order valence-electron chi connectivity index (χ4n) is 2.30. The summed E-state index contributed by atoms with van der Waals surface area (Å²) in [6.07, 6.45) is 1.70. The van der Waals surface area contributed by atoms with Gasteiger partial charge in [-0.15, -0.1) is 0 Å². The highest BCUT2D eigenvalue weighted by Crippen LogP contribution is 2.38. The molecule has 1 aliphatic carbocycles. The summed E-state index contributed by atoms with van der Waals surface area (Å²) < 4.78 is 6.39. The molecule has 1 heterocycles. The Morgan fingerprint density at radius 1 is 1.62 bits per heavy atom. The van der Waals surface area contributed by atoms with E-state index in [4.69, 9.17) is 10.5 Å². The first-order valence-corrected chi connectivity index (χ1v) is 7.54. The number of aromatic nitrogens is 3. The summed E-state index contributed by atoms with van der Waals surface area (Å²) in [5.41, 5.74) is 3.53. The van der Waals surface area contributed by atoms with Crippen molar-refractivity contribution in [2.24, 2.45) is 12.8 Å². The molecule has 1 aromatic heterocycles. The average Bonchev–Trinajstić information content (AvgIpc) is 2.79. The van der Waals surface area contributed by atoms with Gasteiger partial charge in [-0.2, -0.15) is 4.98 Å². The number of carbonyl (C=O) groups is 1. The third-order valence-electron chi connectivity index (χ3n) is 3.41. The molecule has 1 aliphatic rings. The second-order valence-corrected chi connectivity index (χ2v) is 6.33. The van der Waals surface area contributed by atoms with E-state index in [1.54, 1.807) is 14.0 Å². The highest BCUT2D eigenvalue weighted by atomic mass is 32.2. The van der Waals surface area contributed by atoms with Gasteiger partial charge in [0.2, 0.25) is 0 Å². The first kappa shape index (κ1) is 15.8. The molecule has 2 rings (SSSR count). The largest absolute Gasteiger partial charge is 0.465 e. The summed E-state index contributed by atoms with van der Waals surface area (Å²) in [6, 6.07) is 0. The number of nitrogens with two attached hydrogens (primary N) is 1. The van der Waals surface area contributed by atoms with Crippen molar-refractivity contribution in [3.63, 3.8) is 0 Å². The summed E-state index contributed by atoms with van der Waals surface area (Å²) in [6.45, 7) is 2.04. The molecule has 0 aliphatic heterocycles. The molecule has 0 bridgehead atoms. The lowest BCUT2D eigenvalue weighted by Crippen LogP contribution is -2.47. The van der Waals surface area contributed by atoms with Crippen LogP contribution in [-0.4, -0.2) is 38.1 Å². The van der Waals surface area contributed by atoms with E-state index in [-0.39, 0.29) is 5.25 Å². The van der Waals surface area contributed by atoms with Crippen molar-refractivity contribution in [2.75, 3.05) is 6.61 Å². The highest BCUT2D eigenvalue weighted by Gasteiger charge is 2.43. The van der Waals surface area contributed by atoms with Crippen LogP contribution < -0.4 is 16.9 Å². The zero-order valence-corrected chi connectivity index (χ0v) is 12.7. The van der Waals surface area contributed by atoms with Crippen LogP contribution in [0.15, 0.2) is 14.7 Å². The van der Waals surface area contributed by atoms with Gasteiger partial charge in [-0.25, -0.2) is 0 Å². The van der Waals surface area contributed by atoms with E-state index in [9.17, 15) is 14.4 Å². The molecule has 2 atom stereocenters. The molecule has 0 aromatic carbocycles. The van der Waals surface area contributed by atoms with Crippen molar-refractivity contribution in [3.8, 4) is 0 Å². The number of aromatic amines is 1. The Bertz CT molecular complexity index is 655. The van der Waals surface area contributed by atoms with Gasteiger partial charge in [-0.1, -0.05) is 11.8 Å². The van der Waals surface area contributed by atoms with Crippen LogP contribution >= 0.6 is 11.8 Å². The van der Waals surface area contributed by atoms with Gasteiger partial charge in [0.25, 0.3) is 0 Å². The van der Waals surface area contributed by atoms with Gasteiger partial charge in [0, 0.05) is 12.3 Å². The van der Waals surface area contributed by atoms with E-state index < -0.39 is 22.6 Å². The number of esters is 1. The standard InChI is InChI=1S/C12H18N4O4S/c1-3-20-10(19)12(13)5-4-7(6-12)21-11-14-8(17)9(18)15-16(11)2/h7H,3-6,13H2,1-2H3,(H,15,18). The molecule has 2 unspecified atom stereocenters. The Morgan fingerprint density at radius 3 is 3.00 bits per heavy atom. The third kappa shape index (κ3) is 3.35.